The van der Waals surface area contributed by atoms with Crippen LogP contribution in [0.25, 0.3) is 15.3 Å². The zero-order chi connectivity index (χ0) is 20.9. The molecule has 0 spiro atoms. The van der Waals surface area contributed by atoms with Crippen molar-refractivity contribution in [2.24, 2.45) is 4.99 Å². The van der Waals surface area contributed by atoms with E-state index in [0.717, 1.165) is 20.8 Å². The van der Waals surface area contributed by atoms with E-state index in [1.54, 1.807) is 25.1 Å². The monoisotopic (exact) mass is 458 g/mol. The summed E-state index contributed by atoms with van der Waals surface area (Å²) >= 11 is 9.06. The molecule has 2 aromatic heterocycles. The number of hydrogen-bond donors (Lipinski definition) is 1. The molecule has 4 aromatic rings. The lowest BCUT2D eigenvalue weighted by Crippen LogP contribution is -2.17. The van der Waals surface area contributed by atoms with Crippen LogP contribution in [0, 0.1) is 0 Å². The molecule has 4 rings (SSSR count). The maximum atomic E-state index is 13.1. The fraction of sp³-hybridized carbons (Fsp3) is 0.190. The van der Waals surface area contributed by atoms with Crippen molar-refractivity contribution in [1.82, 2.24) is 14.8 Å². The third-order valence-corrected chi connectivity index (χ3v) is 6.63. The number of ether oxygens (including phenoxy) is 1. The SMILES string of the molecule is COCCN=Cc1c(CSc2ccc(Cl)cc2)[nH]n(-c2nc3ccccc3s2)c1=O. The molecule has 1 N–H and O–H groups in total. The van der Waals surface area contributed by atoms with E-state index in [1.165, 1.54) is 16.0 Å². The quantitative estimate of drug-likeness (QED) is 0.234. The van der Waals surface area contributed by atoms with Gasteiger partial charge in [0.2, 0.25) is 5.13 Å². The minimum Gasteiger partial charge on any atom is -0.383 e. The number of hydrogen-bond acceptors (Lipinski definition) is 6. The maximum Gasteiger partial charge on any atom is 0.282 e. The van der Waals surface area contributed by atoms with Gasteiger partial charge in [-0.1, -0.05) is 35.1 Å². The molecule has 0 radical (unpaired) electrons. The normalized spacial score (nSPS) is 11.7. The van der Waals surface area contributed by atoms with Gasteiger partial charge in [-0.3, -0.25) is 14.9 Å². The highest BCUT2D eigenvalue weighted by Gasteiger charge is 2.16. The Labute approximate surface area is 186 Å². The van der Waals surface area contributed by atoms with Crippen molar-refractivity contribution in [2.75, 3.05) is 20.3 Å². The van der Waals surface area contributed by atoms with Gasteiger partial charge in [0.1, 0.15) is 0 Å². The highest BCUT2D eigenvalue weighted by atomic mass is 35.5. The fourth-order valence-corrected chi connectivity index (χ4v) is 4.73. The summed E-state index contributed by atoms with van der Waals surface area (Å²) in [5.74, 6) is 0.584. The summed E-state index contributed by atoms with van der Waals surface area (Å²) in [5, 5.41) is 4.53. The summed E-state index contributed by atoms with van der Waals surface area (Å²) < 4.78 is 7.56. The lowest BCUT2D eigenvalue weighted by atomic mass is 10.3. The van der Waals surface area contributed by atoms with Gasteiger partial charge in [-0.25, -0.2) is 4.98 Å². The van der Waals surface area contributed by atoms with Crippen LogP contribution in [0.2, 0.25) is 5.02 Å². The predicted octanol–water partition coefficient (Wildman–Crippen LogP) is 4.79. The smallest absolute Gasteiger partial charge is 0.282 e. The van der Waals surface area contributed by atoms with Crippen LogP contribution in [0.3, 0.4) is 0 Å². The Morgan fingerprint density at radius 3 is 2.83 bits per heavy atom. The molecule has 2 aromatic carbocycles. The number of aromatic nitrogens is 3. The largest absolute Gasteiger partial charge is 0.383 e. The van der Waals surface area contributed by atoms with E-state index in [9.17, 15) is 4.79 Å². The Morgan fingerprint density at radius 1 is 1.27 bits per heavy atom. The number of fused-ring (bicyclic) bond motifs is 1. The number of thioether (sulfide) groups is 1. The van der Waals surface area contributed by atoms with Crippen LogP contribution >= 0.6 is 34.7 Å². The van der Waals surface area contributed by atoms with Crippen molar-refractivity contribution in [3.05, 3.63) is 75.2 Å². The Morgan fingerprint density at radius 2 is 2.07 bits per heavy atom. The average molecular weight is 459 g/mol. The van der Waals surface area contributed by atoms with Crippen molar-refractivity contribution < 1.29 is 4.74 Å². The van der Waals surface area contributed by atoms with Gasteiger partial charge in [0, 0.05) is 29.0 Å². The van der Waals surface area contributed by atoms with Gasteiger partial charge in [-0.15, -0.1) is 11.8 Å². The van der Waals surface area contributed by atoms with Crippen LogP contribution in [0.4, 0.5) is 0 Å². The first-order valence-corrected chi connectivity index (χ1v) is 11.4. The second kappa shape index (κ2) is 9.61. The first kappa shape index (κ1) is 20.9. The summed E-state index contributed by atoms with van der Waals surface area (Å²) in [5.41, 5.74) is 2.03. The fourth-order valence-electron chi connectivity index (χ4n) is 2.82. The summed E-state index contributed by atoms with van der Waals surface area (Å²) in [6.45, 7) is 0.994. The molecule has 0 atom stereocenters. The first-order chi connectivity index (χ1) is 14.7. The molecule has 0 saturated carbocycles. The molecule has 0 aliphatic carbocycles. The van der Waals surface area contributed by atoms with E-state index in [2.05, 4.69) is 15.1 Å². The number of rotatable bonds is 8. The van der Waals surface area contributed by atoms with Gasteiger partial charge in [0.25, 0.3) is 5.56 Å². The Kier molecular flexibility index (Phi) is 6.69. The number of nitrogens with zero attached hydrogens (tertiary/aromatic N) is 3. The predicted molar refractivity (Wildman–Crippen MR) is 125 cm³/mol. The van der Waals surface area contributed by atoms with Gasteiger partial charge in [0.05, 0.1) is 34.6 Å². The molecular weight excluding hydrogens is 440 g/mol. The second-order valence-corrected chi connectivity index (χ2v) is 8.87. The van der Waals surface area contributed by atoms with Gasteiger partial charge in [-0.05, 0) is 36.4 Å². The van der Waals surface area contributed by atoms with Crippen molar-refractivity contribution >= 4 is 51.1 Å². The minimum absolute atomic E-state index is 0.165. The summed E-state index contributed by atoms with van der Waals surface area (Å²) in [4.78, 5) is 23.1. The number of methoxy groups -OCH3 is 1. The molecular formula is C21H19ClN4O2S2. The van der Waals surface area contributed by atoms with E-state index < -0.39 is 0 Å². The second-order valence-electron chi connectivity index (χ2n) is 6.38. The van der Waals surface area contributed by atoms with Crippen molar-refractivity contribution in [2.45, 2.75) is 10.6 Å². The Bertz CT molecular complexity index is 1200. The number of halogens is 1. The van der Waals surface area contributed by atoms with Crippen molar-refractivity contribution in [1.29, 1.82) is 0 Å². The van der Waals surface area contributed by atoms with E-state index >= 15 is 0 Å². The molecule has 0 amide bonds. The molecule has 0 aliphatic heterocycles. The number of H-pyrrole nitrogens is 1. The Hall–Kier alpha value is -2.39. The molecule has 0 saturated heterocycles. The Balaban J connectivity index is 1.67. The van der Waals surface area contributed by atoms with Crippen LogP contribution < -0.4 is 5.56 Å². The van der Waals surface area contributed by atoms with Gasteiger partial charge in [0.15, 0.2) is 0 Å². The van der Waals surface area contributed by atoms with Crippen molar-refractivity contribution in [3.63, 3.8) is 0 Å². The van der Waals surface area contributed by atoms with Crippen LogP contribution in [-0.4, -0.2) is 41.2 Å². The van der Waals surface area contributed by atoms with Gasteiger partial charge >= 0.3 is 0 Å². The van der Waals surface area contributed by atoms with Crippen LogP contribution in [-0.2, 0) is 10.5 Å². The van der Waals surface area contributed by atoms with E-state index in [1.807, 2.05) is 48.5 Å². The average Bonchev–Trinajstić information content (AvgIpc) is 3.32. The third kappa shape index (κ3) is 4.67. The standard InChI is InChI=1S/C21H19ClN4O2S2/c1-28-11-10-23-12-16-18(13-29-15-8-6-14(22)7-9-15)25-26(20(16)27)21-24-17-4-2-3-5-19(17)30-21/h2-9,12,25H,10-11,13H2,1H3. The van der Waals surface area contributed by atoms with Gasteiger partial charge in [-0.2, -0.15) is 4.68 Å². The first-order valence-electron chi connectivity index (χ1n) is 9.22. The maximum absolute atomic E-state index is 13.1. The van der Waals surface area contributed by atoms with E-state index in [4.69, 9.17) is 16.3 Å². The number of aliphatic imine (C=N–C) groups is 1. The molecule has 0 unspecified atom stereocenters. The molecule has 0 fully saturated rings. The lowest BCUT2D eigenvalue weighted by Gasteiger charge is -2.01. The molecule has 6 nitrogen and oxygen atoms in total. The summed E-state index contributed by atoms with van der Waals surface area (Å²) in [6.07, 6.45) is 1.62. The highest BCUT2D eigenvalue weighted by Crippen LogP contribution is 2.26. The topological polar surface area (TPSA) is 72.3 Å². The molecule has 0 bridgehead atoms. The van der Waals surface area contributed by atoms with E-state index in [0.29, 0.717) is 34.6 Å². The lowest BCUT2D eigenvalue weighted by molar-refractivity contribution is 0.208. The number of para-hydroxylation sites is 1. The van der Waals surface area contributed by atoms with Gasteiger partial charge < -0.3 is 4.74 Å². The summed E-state index contributed by atoms with van der Waals surface area (Å²) in [7, 11) is 1.63. The molecule has 9 heteroatoms. The number of aromatic amines is 1. The number of thiazole rings is 1. The molecule has 0 aliphatic rings. The zero-order valence-corrected chi connectivity index (χ0v) is 18.6. The van der Waals surface area contributed by atoms with Crippen LogP contribution in [0.5, 0.6) is 0 Å². The summed E-state index contributed by atoms with van der Waals surface area (Å²) in [6, 6.07) is 15.5. The van der Waals surface area contributed by atoms with Crippen LogP contribution in [0.1, 0.15) is 11.3 Å². The number of nitrogens with one attached hydrogen (secondary N) is 1. The van der Waals surface area contributed by atoms with Crippen LogP contribution in [0.15, 0.2) is 63.2 Å². The van der Waals surface area contributed by atoms with E-state index in [-0.39, 0.29) is 5.56 Å². The third-order valence-electron chi connectivity index (χ3n) is 4.32. The van der Waals surface area contributed by atoms with Crippen molar-refractivity contribution in [3.8, 4) is 5.13 Å². The highest BCUT2D eigenvalue weighted by molar-refractivity contribution is 7.98. The number of benzene rings is 2. The molecule has 30 heavy (non-hydrogen) atoms. The zero-order valence-electron chi connectivity index (χ0n) is 16.2. The minimum atomic E-state index is -0.165. The molecule has 154 valence electrons. The molecule has 2 heterocycles.